The number of esters is 1. The Hall–Kier alpha value is -1.29. The Morgan fingerprint density at radius 2 is 1.64 bits per heavy atom. The maximum atomic E-state index is 11.3. The van der Waals surface area contributed by atoms with Crippen LogP contribution >= 0.6 is 0 Å². The summed E-state index contributed by atoms with van der Waals surface area (Å²) in [5.74, 6) is 0.956. The van der Waals surface area contributed by atoms with Crippen molar-refractivity contribution in [3.63, 3.8) is 0 Å². The van der Waals surface area contributed by atoms with E-state index in [9.17, 15) is 4.79 Å². The Labute approximate surface area is 155 Å². The van der Waals surface area contributed by atoms with Gasteiger partial charge in [0.25, 0.3) is 0 Å². The first-order chi connectivity index (χ1) is 11.6. The second-order valence-electron chi connectivity index (χ2n) is 8.04. The van der Waals surface area contributed by atoms with Gasteiger partial charge in [-0.05, 0) is 42.9 Å². The Bertz CT molecular complexity index is 477. The number of ether oxygens (including phenoxy) is 1. The molecule has 0 aliphatic rings. The van der Waals surface area contributed by atoms with Gasteiger partial charge in [-0.15, -0.1) is 0 Å². The molecule has 0 aliphatic heterocycles. The first-order valence-corrected chi connectivity index (χ1v) is 13.3. The van der Waals surface area contributed by atoms with E-state index in [0.29, 0.717) is 18.3 Å². The molecule has 144 valence electrons. The van der Waals surface area contributed by atoms with Crippen molar-refractivity contribution in [1.82, 2.24) is 0 Å². The smallest absolute Gasteiger partial charge is 0.308 e. The molecule has 4 heteroatoms. The van der Waals surface area contributed by atoms with E-state index >= 15 is 0 Å². The average Bonchev–Trinajstić information content (AvgIpc) is 2.57. The number of aromatic hydroxyl groups is 1. The van der Waals surface area contributed by atoms with E-state index in [-0.39, 0.29) is 11.9 Å². The maximum Gasteiger partial charge on any atom is 0.308 e. The summed E-state index contributed by atoms with van der Waals surface area (Å²) in [7, 11) is -0.956. The van der Waals surface area contributed by atoms with Crippen molar-refractivity contribution >= 4 is 14.0 Å². The summed E-state index contributed by atoms with van der Waals surface area (Å²) in [4.78, 5) is 11.3. The van der Waals surface area contributed by atoms with E-state index in [1.807, 2.05) is 26.0 Å². The molecule has 0 saturated heterocycles. The van der Waals surface area contributed by atoms with Gasteiger partial charge in [-0.25, -0.2) is 0 Å². The minimum Gasteiger partial charge on any atom is -0.508 e. The third-order valence-corrected chi connectivity index (χ3v) is 6.26. The number of phenolic OH excluding ortho intramolecular Hbond substituents is 1. The largest absolute Gasteiger partial charge is 0.508 e. The van der Waals surface area contributed by atoms with Crippen LogP contribution in [-0.4, -0.2) is 25.8 Å². The minimum atomic E-state index is -0.956. The number of phenols is 1. The van der Waals surface area contributed by atoms with Crippen LogP contribution < -0.4 is 0 Å². The van der Waals surface area contributed by atoms with E-state index in [1.54, 1.807) is 12.1 Å². The van der Waals surface area contributed by atoms with Crippen LogP contribution in [0, 0.1) is 5.92 Å². The maximum absolute atomic E-state index is 11.3. The van der Waals surface area contributed by atoms with Crippen molar-refractivity contribution in [1.29, 1.82) is 0 Å². The lowest BCUT2D eigenvalue weighted by Crippen LogP contribution is -2.21. The molecule has 0 aromatic heterocycles. The molecule has 3 nitrogen and oxygen atoms in total. The van der Waals surface area contributed by atoms with Crippen LogP contribution in [0.25, 0.3) is 0 Å². The van der Waals surface area contributed by atoms with Crippen molar-refractivity contribution in [2.24, 2.45) is 5.92 Å². The molecule has 0 spiro atoms. The second-order valence-corrected chi connectivity index (χ2v) is 13.7. The highest BCUT2D eigenvalue weighted by atomic mass is 28.3. The van der Waals surface area contributed by atoms with Crippen LogP contribution in [0.1, 0.15) is 58.4 Å². The van der Waals surface area contributed by atoms with Crippen LogP contribution in [-0.2, 0) is 9.53 Å². The molecule has 0 fully saturated rings. The number of hydrogen-bond donors (Lipinski definition) is 1. The van der Waals surface area contributed by atoms with Crippen LogP contribution in [0.2, 0.25) is 25.7 Å². The summed E-state index contributed by atoms with van der Waals surface area (Å²) >= 11 is 0. The van der Waals surface area contributed by atoms with E-state index in [2.05, 4.69) is 33.5 Å². The van der Waals surface area contributed by atoms with E-state index in [4.69, 9.17) is 9.84 Å². The molecule has 1 rings (SSSR count). The lowest BCUT2D eigenvalue weighted by molar-refractivity contribution is -0.148. The molecule has 1 aromatic carbocycles. The first-order valence-electron chi connectivity index (χ1n) is 9.56. The third-order valence-electron chi connectivity index (χ3n) is 4.40. The summed E-state index contributed by atoms with van der Waals surface area (Å²) in [5.41, 5.74) is 1.30. The second kappa shape index (κ2) is 12.1. The summed E-state index contributed by atoms with van der Waals surface area (Å²) in [6, 6.07) is 8.66. The standard InChI is InChI=1S/C11H24O2Si.C10H14O/c1-6-10(2)11(12)13-8-7-9-14(3,4)5;1-3-8(2)9-4-6-10(11)7-5-9/h10H,6-9H2,1-5H3;4-8,11H,3H2,1-2H3. The van der Waals surface area contributed by atoms with E-state index in [1.165, 1.54) is 11.6 Å². The molecule has 0 saturated carbocycles. The zero-order valence-electron chi connectivity index (χ0n) is 17.3. The molecule has 0 radical (unpaired) electrons. The highest BCUT2D eigenvalue weighted by molar-refractivity contribution is 6.76. The quantitative estimate of drug-likeness (QED) is 0.338. The lowest BCUT2D eigenvalue weighted by Gasteiger charge is -2.15. The van der Waals surface area contributed by atoms with Gasteiger partial charge in [0.05, 0.1) is 12.5 Å². The Morgan fingerprint density at radius 1 is 1.08 bits per heavy atom. The minimum absolute atomic E-state index is 0.0388. The van der Waals surface area contributed by atoms with E-state index in [0.717, 1.165) is 19.3 Å². The summed E-state index contributed by atoms with van der Waals surface area (Å²) < 4.78 is 5.17. The van der Waals surface area contributed by atoms with Gasteiger partial charge in [0.15, 0.2) is 0 Å². The topological polar surface area (TPSA) is 46.5 Å². The molecule has 0 bridgehead atoms. The lowest BCUT2D eigenvalue weighted by atomic mass is 9.99. The first kappa shape index (κ1) is 23.7. The average molecular weight is 367 g/mol. The number of rotatable bonds is 8. The van der Waals surface area contributed by atoms with Gasteiger partial charge in [-0.2, -0.15) is 0 Å². The molecule has 0 amide bonds. The summed E-state index contributed by atoms with van der Waals surface area (Å²) in [6.45, 7) is 15.9. The Kier molecular flexibility index (Phi) is 11.5. The Balaban J connectivity index is 0.000000472. The van der Waals surface area contributed by atoms with Crippen molar-refractivity contribution in [2.75, 3.05) is 6.61 Å². The molecule has 1 aromatic rings. The van der Waals surface area contributed by atoms with Gasteiger partial charge < -0.3 is 9.84 Å². The molecule has 1 N–H and O–H groups in total. The van der Waals surface area contributed by atoms with Crippen LogP contribution in [0.15, 0.2) is 24.3 Å². The zero-order valence-corrected chi connectivity index (χ0v) is 18.3. The number of carbonyl (C=O) groups is 1. The molecular weight excluding hydrogens is 328 g/mol. The van der Waals surface area contributed by atoms with Gasteiger partial charge in [-0.3, -0.25) is 4.79 Å². The molecule has 0 aliphatic carbocycles. The summed E-state index contributed by atoms with van der Waals surface area (Å²) in [5, 5.41) is 9.01. The molecule has 2 atom stereocenters. The van der Waals surface area contributed by atoms with Gasteiger partial charge in [0.1, 0.15) is 5.75 Å². The van der Waals surface area contributed by atoms with Gasteiger partial charge in [0.2, 0.25) is 0 Å². The zero-order chi connectivity index (χ0) is 19.5. The predicted molar refractivity (Wildman–Crippen MR) is 110 cm³/mol. The Morgan fingerprint density at radius 3 is 2.08 bits per heavy atom. The van der Waals surface area contributed by atoms with Gasteiger partial charge in [0, 0.05) is 8.07 Å². The van der Waals surface area contributed by atoms with E-state index < -0.39 is 8.07 Å². The van der Waals surface area contributed by atoms with Gasteiger partial charge in [-0.1, -0.05) is 65.5 Å². The highest BCUT2D eigenvalue weighted by Crippen LogP contribution is 2.20. The molecular formula is C21H38O3Si. The monoisotopic (exact) mass is 366 g/mol. The fourth-order valence-corrected chi connectivity index (χ4v) is 3.33. The fourth-order valence-electron chi connectivity index (χ4n) is 2.12. The third kappa shape index (κ3) is 11.8. The highest BCUT2D eigenvalue weighted by Gasteiger charge is 2.14. The van der Waals surface area contributed by atoms with Crippen molar-refractivity contribution in [3.8, 4) is 5.75 Å². The molecule has 0 heterocycles. The number of hydrogen-bond acceptors (Lipinski definition) is 3. The fraction of sp³-hybridized carbons (Fsp3) is 0.667. The van der Waals surface area contributed by atoms with Crippen LogP contribution in [0.4, 0.5) is 0 Å². The van der Waals surface area contributed by atoms with Crippen molar-refractivity contribution in [2.45, 2.75) is 78.6 Å². The SMILES string of the molecule is CCC(C)C(=O)OCCC[Si](C)(C)C.CCC(C)c1ccc(O)cc1. The normalized spacial score (nSPS) is 13.4. The van der Waals surface area contributed by atoms with Crippen molar-refractivity contribution in [3.05, 3.63) is 29.8 Å². The number of carbonyl (C=O) groups excluding carboxylic acids is 1. The number of benzene rings is 1. The molecule has 25 heavy (non-hydrogen) atoms. The van der Waals surface area contributed by atoms with Crippen molar-refractivity contribution < 1.29 is 14.6 Å². The van der Waals surface area contributed by atoms with Gasteiger partial charge >= 0.3 is 5.97 Å². The predicted octanol–water partition coefficient (Wildman–Crippen LogP) is 6.21. The molecule has 2 unspecified atom stereocenters. The van der Waals surface area contributed by atoms with Crippen LogP contribution in [0.5, 0.6) is 5.75 Å². The van der Waals surface area contributed by atoms with Crippen LogP contribution in [0.3, 0.4) is 0 Å². The summed E-state index contributed by atoms with van der Waals surface area (Å²) in [6.07, 6.45) is 3.04.